The molecule has 1 aromatic carbocycles. The highest BCUT2D eigenvalue weighted by Crippen LogP contribution is 2.30. The fourth-order valence-electron chi connectivity index (χ4n) is 1.80. The van der Waals surface area contributed by atoms with Gasteiger partial charge >= 0.3 is 6.18 Å². The molecule has 20 heavy (non-hydrogen) atoms. The lowest BCUT2D eigenvalue weighted by Crippen LogP contribution is -2.18. The number of hydrogen-bond acceptors (Lipinski definition) is 2. The Balaban J connectivity index is 2.03. The summed E-state index contributed by atoms with van der Waals surface area (Å²) in [5.74, 6) is 0.758. The maximum absolute atomic E-state index is 12.6. The molecule has 0 bridgehead atoms. The zero-order valence-electron chi connectivity index (χ0n) is 10.7. The summed E-state index contributed by atoms with van der Waals surface area (Å²) in [5.41, 5.74) is -0.0303. The van der Waals surface area contributed by atoms with Crippen LogP contribution in [0.2, 0.25) is 0 Å². The molecule has 0 saturated carbocycles. The van der Waals surface area contributed by atoms with Gasteiger partial charge in [-0.05, 0) is 59.3 Å². The van der Waals surface area contributed by atoms with E-state index in [-0.39, 0.29) is 6.04 Å². The predicted molar refractivity (Wildman–Crippen MR) is 78.1 cm³/mol. The number of halogens is 4. The predicted octanol–water partition coefficient (Wildman–Crippen LogP) is 4.75. The molecule has 108 valence electrons. The molecule has 6 heteroatoms. The summed E-state index contributed by atoms with van der Waals surface area (Å²) in [7, 11) is 0. The number of hydrogen-bond donors (Lipinski definition) is 1. The van der Waals surface area contributed by atoms with Gasteiger partial charge in [-0.2, -0.15) is 13.2 Å². The molecular weight excluding hydrogens is 382 g/mol. The summed E-state index contributed by atoms with van der Waals surface area (Å²) in [5, 5.41) is 3.14. The molecule has 0 spiro atoms. The van der Waals surface area contributed by atoms with Crippen molar-refractivity contribution in [2.75, 3.05) is 0 Å². The monoisotopic (exact) mass is 395 g/mol. The zero-order chi connectivity index (χ0) is 14.8. The Morgan fingerprint density at radius 1 is 1.25 bits per heavy atom. The van der Waals surface area contributed by atoms with Crippen molar-refractivity contribution < 1.29 is 17.6 Å². The second-order valence-corrected chi connectivity index (χ2v) is 5.49. The lowest BCUT2D eigenvalue weighted by molar-refractivity contribution is -0.137. The second kappa shape index (κ2) is 6.17. The summed E-state index contributed by atoms with van der Waals surface area (Å²) in [6, 6.07) is 8.83. The molecule has 1 heterocycles. The van der Waals surface area contributed by atoms with Crippen LogP contribution in [0.1, 0.15) is 29.9 Å². The van der Waals surface area contributed by atoms with E-state index in [2.05, 4.69) is 27.9 Å². The van der Waals surface area contributed by atoms with Crippen LogP contribution in [0.25, 0.3) is 0 Å². The number of rotatable bonds is 4. The maximum Gasteiger partial charge on any atom is 0.416 e. The van der Waals surface area contributed by atoms with Gasteiger partial charge in [-0.3, -0.25) is 0 Å². The van der Waals surface area contributed by atoms with Crippen molar-refractivity contribution in [3.8, 4) is 0 Å². The quantitative estimate of drug-likeness (QED) is 0.756. The van der Waals surface area contributed by atoms with E-state index < -0.39 is 11.7 Å². The Kier molecular flexibility index (Phi) is 4.74. The molecule has 0 aliphatic heterocycles. The Hall–Kier alpha value is -1.02. The van der Waals surface area contributed by atoms with Gasteiger partial charge in [0.25, 0.3) is 0 Å². The van der Waals surface area contributed by atoms with E-state index in [0.29, 0.717) is 12.1 Å². The molecule has 2 rings (SSSR count). The lowest BCUT2D eigenvalue weighted by atomic mass is 10.0. The van der Waals surface area contributed by atoms with Gasteiger partial charge in [-0.1, -0.05) is 12.1 Å². The molecule has 0 aliphatic rings. The van der Waals surface area contributed by atoms with Crippen molar-refractivity contribution in [3.63, 3.8) is 0 Å². The SMILES string of the molecule is CC(NCc1ccc(I)o1)c1cccc(C(F)(F)F)c1. The van der Waals surface area contributed by atoms with Gasteiger partial charge in [0.15, 0.2) is 3.77 Å². The van der Waals surface area contributed by atoms with Gasteiger partial charge in [0, 0.05) is 6.04 Å². The van der Waals surface area contributed by atoms with E-state index >= 15 is 0 Å². The van der Waals surface area contributed by atoms with E-state index in [1.807, 2.05) is 19.1 Å². The number of furan rings is 1. The maximum atomic E-state index is 12.6. The van der Waals surface area contributed by atoms with Gasteiger partial charge in [0.1, 0.15) is 5.76 Å². The molecule has 1 atom stereocenters. The third-order valence-electron chi connectivity index (χ3n) is 2.93. The van der Waals surface area contributed by atoms with E-state index in [0.717, 1.165) is 15.6 Å². The summed E-state index contributed by atoms with van der Waals surface area (Å²) in [4.78, 5) is 0. The molecule has 0 radical (unpaired) electrons. The van der Waals surface area contributed by atoms with Crippen molar-refractivity contribution in [1.29, 1.82) is 0 Å². The smallest absolute Gasteiger partial charge is 0.416 e. The fraction of sp³-hybridized carbons (Fsp3) is 0.286. The van der Waals surface area contributed by atoms with Crippen molar-refractivity contribution >= 4 is 22.6 Å². The number of alkyl halides is 3. The van der Waals surface area contributed by atoms with E-state index in [1.165, 1.54) is 12.1 Å². The number of benzene rings is 1. The van der Waals surface area contributed by atoms with Crippen LogP contribution in [-0.2, 0) is 12.7 Å². The Labute approximate surface area is 128 Å². The highest BCUT2D eigenvalue weighted by molar-refractivity contribution is 14.1. The third kappa shape index (κ3) is 3.99. The van der Waals surface area contributed by atoms with Crippen LogP contribution in [0.3, 0.4) is 0 Å². The first kappa shape index (κ1) is 15.4. The number of nitrogens with one attached hydrogen (secondary N) is 1. The summed E-state index contributed by atoms with van der Waals surface area (Å²) in [6.07, 6.45) is -4.31. The first-order valence-electron chi connectivity index (χ1n) is 6.01. The van der Waals surface area contributed by atoms with Gasteiger partial charge < -0.3 is 9.73 Å². The van der Waals surface area contributed by atoms with Gasteiger partial charge in [-0.25, -0.2) is 0 Å². The van der Waals surface area contributed by atoms with Gasteiger partial charge in [0.05, 0.1) is 12.1 Å². The van der Waals surface area contributed by atoms with Crippen molar-refractivity contribution in [2.24, 2.45) is 0 Å². The topological polar surface area (TPSA) is 25.2 Å². The van der Waals surface area contributed by atoms with Crippen LogP contribution >= 0.6 is 22.6 Å². The van der Waals surface area contributed by atoms with Crippen LogP contribution in [0.4, 0.5) is 13.2 Å². The molecule has 0 saturated heterocycles. The van der Waals surface area contributed by atoms with Crippen LogP contribution < -0.4 is 5.32 Å². The lowest BCUT2D eigenvalue weighted by Gasteiger charge is -2.15. The molecule has 0 aliphatic carbocycles. The average Bonchev–Trinajstić information content (AvgIpc) is 2.81. The van der Waals surface area contributed by atoms with E-state index in [9.17, 15) is 13.2 Å². The molecule has 1 aromatic heterocycles. The molecule has 0 fully saturated rings. The molecule has 1 unspecified atom stereocenters. The molecule has 2 nitrogen and oxygen atoms in total. The zero-order valence-corrected chi connectivity index (χ0v) is 12.8. The van der Waals surface area contributed by atoms with Crippen LogP contribution in [0.15, 0.2) is 40.8 Å². The third-order valence-corrected chi connectivity index (χ3v) is 3.51. The van der Waals surface area contributed by atoms with Gasteiger partial charge in [0.2, 0.25) is 0 Å². The standard InChI is InChI=1S/C14H13F3INO/c1-9(19-8-12-5-6-13(18)20-12)10-3-2-4-11(7-10)14(15,16)17/h2-7,9,19H,8H2,1H3. The van der Waals surface area contributed by atoms with E-state index in [1.54, 1.807) is 6.07 Å². The Bertz CT molecular complexity index is 580. The van der Waals surface area contributed by atoms with Crippen LogP contribution in [0, 0.1) is 3.77 Å². The molecular formula is C14H13F3INO. The molecule has 0 amide bonds. The first-order valence-corrected chi connectivity index (χ1v) is 7.09. The normalized spacial score (nSPS) is 13.4. The Morgan fingerprint density at radius 2 is 2.00 bits per heavy atom. The van der Waals surface area contributed by atoms with Crippen molar-refractivity contribution in [2.45, 2.75) is 25.7 Å². The minimum Gasteiger partial charge on any atom is -0.454 e. The van der Waals surface area contributed by atoms with E-state index in [4.69, 9.17) is 4.42 Å². The minimum atomic E-state index is -4.31. The largest absolute Gasteiger partial charge is 0.454 e. The fourth-order valence-corrected chi connectivity index (χ4v) is 2.27. The van der Waals surface area contributed by atoms with Gasteiger partial charge in [-0.15, -0.1) is 0 Å². The summed E-state index contributed by atoms with van der Waals surface area (Å²) in [6.45, 7) is 2.30. The first-order chi connectivity index (χ1) is 9.36. The summed E-state index contributed by atoms with van der Waals surface area (Å²) < 4.78 is 44.1. The Morgan fingerprint density at radius 3 is 2.60 bits per heavy atom. The minimum absolute atomic E-state index is 0.194. The molecule has 2 aromatic rings. The average molecular weight is 395 g/mol. The highest BCUT2D eigenvalue weighted by Gasteiger charge is 2.30. The van der Waals surface area contributed by atoms with Crippen molar-refractivity contribution in [1.82, 2.24) is 5.32 Å². The van der Waals surface area contributed by atoms with Crippen LogP contribution in [0.5, 0.6) is 0 Å². The molecule has 1 N–H and O–H groups in total. The summed E-state index contributed by atoms with van der Waals surface area (Å²) >= 11 is 2.06. The second-order valence-electron chi connectivity index (χ2n) is 4.43. The van der Waals surface area contributed by atoms with Crippen molar-refractivity contribution in [3.05, 3.63) is 57.1 Å². The van der Waals surface area contributed by atoms with Crippen LogP contribution in [-0.4, -0.2) is 0 Å². The highest BCUT2D eigenvalue weighted by atomic mass is 127.